The normalized spacial score (nSPS) is 29.3. The number of carbonyl (C=O) groups excluding carboxylic acids is 5. The number of nitrogens with zero attached hydrogens (tertiary/aromatic N) is 4. The molecular formula is C41H59N7O9S. The average molecular weight is 826 g/mol. The number of fused-ring (bicyclic) bond motifs is 3. The van der Waals surface area contributed by atoms with Crippen LogP contribution in [0.1, 0.15) is 103 Å². The molecule has 4 aliphatic heterocycles. The van der Waals surface area contributed by atoms with Gasteiger partial charge in [-0.25, -0.2) is 14.3 Å². The number of benzene rings is 1. The van der Waals surface area contributed by atoms with Crippen molar-refractivity contribution in [2.45, 2.75) is 146 Å². The van der Waals surface area contributed by atoms with Crippen LogP contribution in [-0.2, 0) is 47.2 Å². The molecule has 0 spiro atoms. The standard InChI is InChI=1S/C41H59N7O9S/c1-40(2,3)57-38(52)42-33-15-9-7-5-6-8-14-29-23-41(29,37(51)44-58(54,55)48(30-16-17-30)31-18-20-45(4)21-19-31)43-35(49)34-22-32(26-47(34)36(33)50)56-39(53)46-24-27-12-10-11-13-28(27)25-46/h8,10-14,29-34H,5-7,9,15-26H2,1-4H3,(H,42,52)(H,43,49)(H,44,51)/b14-8-/t29-,32-,33+,34+,41-/m1/s1. The van der Waals surface area contributed by atoms with Gasteiger partial charge in [0.2, 0.25) is 11.8 Å². The largest absolute Gasteiger partial charge is 0.444 e. The lowest BCUT2D eigenvalue weighted by atomic mass is 10.0. The molecular weight excluding hydrogens is 767 g/mol. The number of nitrogens with one attached hydrogen (secondary N) is 3. The Morgan fingerprint density at radius 1 is 0.948 bits per heavy atom. The Labute approximate surface area is 341 Å². The first-order valence-corrected chi connectivity index (χ1v) is 22.3. The van der Waals surface area contributed by atoms with Crippen LogP contribution in [0.2, 0.25) is 0 Å². The van der Waals surface area contributed by atoms with E-state index >= 15 is 0 Å². The number of alkyl carbamates (subject to hydrolysis) is 1. The van der Waals surface area contributed by atoms with E-state index in [1.807, 2.05) is 43.5 Å². The van der Waals surface area contributed by atoms with Gasteiger partial charge < -0.3 is 29.9 Å². The van der Waals surface area contributed by atoms with Gasteiger partial charge in [-0.2, -0.15) is 12.7 Å². The fourth-order valence-electron chi connectivity index (χ4n) is 8.82. The molecule has 6 aliphatic rings. The fourth-order valence-corrected chi connectivity index (χ4v) is 10.6. The minimum atomic E-state index is -4.27. The highest BCUT2D eigenvalue weighted by molar-refractivity contribution is 7.87. The number of ether oxygens (including phenoxy) is 2. The van der Waals surface area contributed by atoms with Crippen LogP contribution in [0.4, 0.5) is 9.59 Å². The van der Waals surface area contributed by atoms with E-state index in [2.05, 4.69) is 20.3 Å². The first-order valence-electron chi connectivity index (χ1n) is 20.9. The molecule has 16 nitrogen and oxygen atoms in total. The second kappa shape index (κ2) is 16.8. The summed E-state index contributed by atoms with van der Waals surface area (Å²) in [7, 11) is -2.27. The van der Waals surface area contributed by atoms with Crippen LogP contribution in [0, 0.1) is 5.92 Å². The zero-order chi connectivity index (χ0) is 41.4. The van der Waals surface area contributed by atoms with Crippen molar-refractivity contribution in [1.29, 1.82) is 0 Å². The van der Waals surface area contributed by atoms with Crippen molar-refractivity contribution >= 4 is 40.1 Å². The highest BCUT2D eigenvalue weighted by Gasteiger charge is 2.62. The molecule has 17 heteroatoms. The number of hydrogen-bond donors (Lipinski definition) is 3. The van der Waals surface area contributed by atoms with Gasteiger partial charge >= 0.3 is 22.4 Å². The van der Waals surface area contributed by atoms with Gasteiger partial charge in [-0.15, -0.1) is 0 Å². The van der Waals surface area contributed by atoms with E-state index in [0.717, 1.165) is 49.9 Å². The van der Waals surface area contributed by atoms with Gasteiger partial charge in [-0.1, -0.05) is 49.3 Å². The summed E-state index contributed by atoms with van der Waals surface area (Å²) < 4.78 is 43.4. The molecule has 2 aliphatic carbocycles. The molecule has 1 aromatic carbocycles. The predicted molar refractivity (Wildman–Crippen MR) is 213 cm³/mol. The molecule has 5 amide bonds. The Bertz CT molecular complexity index is 1870. The van der Waals surface area contributed by atoms with Crippen LogP contribution in [0.15, 0.2) is 36.4 Å². The summed E-state index contributed by atoms with van der Waals surface area (Å²) in [6.07, 6.45) is 7.51. The lowest BCUT2D eigenvalue weighted by Crippen LogP contribution is -2.60. The maximum atomic E-state index is 14.5. The van der Waals surface area contributed by atoms with Crippen molar-refractivity contribution < 1.29 is 41.9 Å². The van der Waals surface area contributed by atoms with Gasteiger partial charge in [0.25, 0.3) is 5.91 Å². The molecule has 2 saturated heterocycles. The quantitative estimate of drug-likeness (QED) is 0.345. The molecule has 2 saturated carbocycles. The molecule has 7 rings (SSSR count). The summed E-state index contributed by atoms with van der Waals surface area (Å²) in [4.78, 5) is 74.9. The summed E-state index contributed by atoms with van der Waals surface area (Å²) in [6.45, 7) is 7.25. The second-order valence-electron chi connectivity index (χ2n) is 17.9. The van der Waals surface area contributed by atoms with Gasteiger partial charge in [-0.3, -0.25) is 19.3 Å². The molecule has 0 unspecified atom stereocenters. The van der Waals surface area contributed by atoms with Crippen LogP contribution < -0.4 is 15.4 Å². The van der Waals surface area contributed by atoms with E-state index in [1.165, 1.54) is 9.21 Å². The van der Waals surface area contributed by atoms with E-state index in [0.29, 0.717) is 38.8 Å². The Morgan fingerprint density at radius 2 is 1.62 bits per heavy atom. The van der Waals surface area contributed by atoms with Crippen LogP contribution >= 0.6 is 0 Å². The molecule has 3 N–H and O–H groups in total. The first-order chi connectivity index (χ1) is 27.5. The van der Waals surface area contributed by atoms with Crippen molar-refractivity contribution in [3.8, 4) is 0 Å². The van der Waals surface area contributed by atoms with Crippen LogP contribution in [-0.4, -0.2) is 125 Å². The number of carbonyl (C=O) groups is 5. The van der Waals surface area contributed by atoms with Crippen molar-refractivity contribution in [2.75, 3.05) is 26.7 Å². The van der Waals surface area contributed by atoms with E-state index in [9.17, 15) is 32.4 Å². The van der Waals surface area contributed by atoms with Gasteiger partial charge in [0.05, 0.1) is 6.54 Å². The minimum absolute atomic E-state index is 0.0641. The van der Waals surface area contributed by atoms with Crippen LogP contribution in [0.5, 0.6) is 0 Å². The first kappa shape index (κ1) is 41.9. The maximum Gasteiger partial charge on any atom is 0.410 e. The number of rotatable bonds is 7. The van der Waals surface area contributed by atoms with E-state index in [-0.39, 0.29) is 37.9 Å². The third-order valence-corrected chi connectivity index (χ3v) is 13.8. The summed E-state index contributed by atoms with van der Waals surface area (Å²) >= 11 is 0. The molecule has 4 heterocycles. The van der Waals surface area contributed by atoms with Crippen molar-refractivity contribution in [2.24, 2.45) is 5.92 Å². The van der Waals surface area contributed by atoms with Crippen molar-refractivity contribution in [3.05, 3.63) is 47.5 Å². The van der Waals surface area contributed by atoms with Crippen molar-refractivity contribution in [1.82, 2.24) is 34.4 Å². The van der Waals surface area contributed by atoms with Crippen molar-refractivity contribution in [3.63, 3.8) is 0 Å². The summed E-state index contributed by atoms with van der Waals surface area (Å²) in [5.74, 6) is -2.52. The third-order valence-electron chi connectivity index (χ3n) is 12.2. The number of likely N-dealkylation sites (tertiary alicyclic amines) is 1. The third kappa shape index (κ3) is 9.63. The van der Waals surface area contributed by atoms with Gasteiger partial charge in [-0.05, 0) is 103 Å². The lowest BCUT2D eigenvalue weighted by molar-refractivity contribution is -0.141. The Morgan fingerprint density at radius 3 is 2.28 bits per heavy atom. The molecule has 58 heavy (non-hydrogen) atoms. The second-order valence-corrected chi connectivity index (χ2v) is 19.5. The molecule has 1 aromatic rings. The van der Waals surface area contributed by atoms with E-state index in [4.69, 9.17) is 9.47 Å². The Hall–Kier alpha value is -4.22. The molecule has 0 bridgehead atoms. The predicted octanol–water partition coefficient (Wildman–Crippen LogP) is 3.32. The maximum absolute atomic E-state index is 14.5. The Balaban J connectivity index is 1.13. The number of hydrogen-bond acceptors (Lipinski definition) is 10. The molecule has 0 aromatic heterocycles. The van der Waals surface area contributed by atoms with Crippen LogP contribution in [0.3, 0.4) is 0 Å². The van der Waals surface area contributed by atoms with E-state index in [1.54, 1.807) is 25.7 Å². The van der Waals surface area contributed by atoms with Gasteiger partial charge in [0.1, 0.15) is 29.3 Å². The fraction of sp³-hybridized carbons (Fsp3) is 0.683. The van der Waals surface area contributed by atoms with Gasteiger partial charge in [0.15, 0.2) is 0 Å². The van der Waals surface area contributed by atoms with E-state index < -0.39 is 75.4 Å². The highest BCUT2D eigenvalue weighted by Crippen LogP contribution is 2.46. The summed E-state index contributed by atoms with van der Waals surface area (Å²) in [5.41, 5.74) is -0.388. The summed E-state index contributed by atoms with van der Waals surface area (Å²) in [5, 5.41) is 5.63. The van der Waals surface area contributed by atoms with Crippen LogP contribution in [0.25, 0.3) is 0 Å². The summed E-state index contributed by atoms with van der Waals surface area (Å²) in [6, 6.07) is 5.06. The van der Waals surface area contributed by atoms with Gasteiger partial charge in [0, 0.05) is 37.5 Å². The SMILES string of the molecule is CN1CCC(N(C2CC2)S(=O)(=O)NC(=O)[C@@]23C[C@H]2/C=C\CCCCC[C@H](NC(=O)OC(C)(C)C)C(=O)N2C[C@H](OC(=O)N4Cc5ccccc5C4)C[C@H]2C(=O)N3)CC1. The average Bonchev–Trinajstić information content (AvgIpc) is 4.01. The molecule has 318 valence electrons. The number of piperidine rings is 1. The highest BCUT2D eigenvalue weighted by atomic mass is 32.2. The monoisotopic (exact) mass is 825 g/mol. The zero-order valence-corrected chi connectivity index (χ0v) is 34.9. The zero-order valence-electron chi connectivity index (χ0n) is 34.1. The topological polar surface area (TPSA) is 187 Å². The molecule has 4 fully saturated rings. The smallest absolute Gasteiger partial charge is 0.410 e. The lowest BCUT2D eigenvalue weighted by Gasteiger charge is -2.36. The Kier molecular flexibility index (Phi) is 12.1. The molecule has 0 radical (unpaired) electrons. The minimum Gasteiger partial charge on any atom is -0.444 e. The molecule has 5 atom stereocenters. The number of amides is 5. The number of allylic oxidation sites excluding steroid dienone is 1.